The predicted octanol–water partition coefficient (Wildman–Crippen LogP) is 6.18. The van der Waals surface area contributed by atoms with E-state index in [1.165, 1.54) is 69.5 Å². The first-order valence-electron chi connectivity index (χ1n) is 10.5. The molecule has 0 spiro atoms. The molecule has 0 amide bonds. The van der Waals surface area contributed by atoms with E-state index in [4.69, 9.17) is 0 Å². The third-order valence-electron chi connectivity index (χ3n) is 6.29. The molecule has 0 aromatic heterocycles. The van der Waals surface area contributed by atoms with Crippen molar-refractivity contribution in [1.29, 1.82) is 0 Å². The molecule has 0 saturated heterocycles. The van der Waals surface area contributed by atoms with Gasteiger partial charge in [0.2, 0.25) is 0 Å². The topological polar surface area (TPSA) is 20.2 Å². The van der Waals surface area contributed by atoms with Crippen molar-refractivity contribution in [2.75, 3.05) is 0 Å². The van der Waals surface area contributed by atoms with E-state index in [0.29, 0.717) is 0 Å². The van der Waals surface area contributed by atoms with E-state index >= 15 is 0 Å². The molecular weight excluding hydrogens is 457 g/mol. The quantitative estimate of drug-likeness (QED) is 0.299. The van der Waals surface area contributed by atoms with Crippen LogP contribution in [0.2, 0.25) is 0 Å². The van der Waals surface area contributed by atoms with E-state index in [2.05, 4.69) is 45.0 Å². The molecule has 1 atom stereocenters. The van der Waals surface area contributed by atoms with Gasteiger partial charge in [-0.25, -0.2) is 4.89 Å². The number of hydrogen-bond acceptors (Lipinski definition) is 1. The minimum atomic E-state index is -1.51. The van der Waals surface area contributed by atoms with Crippen molar-refractivity contribution in [2.45, 2.75) is 101 Å². The fraction of sp³-hybridized carbons (Fsp3) is 0.696. The standard InChI is InChI=1S/C22H36OP2.CH3.Rh/c1-22(2,3)25(23)21-17-11-10-16-20(21)24(18-12-6-4-7-13-18)19-14-8-5-9-15-19;;/h10-11,16-19,23H,4-9,12-15H2,1-3H3;1H3;/q;-1;/p+2. The number of benzene rings is 1. The molecule has 0 heterocycles. The summed E-state index contributed by atoms with van der Waals surface area (Å²) < 4.78 is 0. The SMILES string of the molecule is CC(C)(C)[PH+](O)c1ccccc1[PH+](C1CCCCC1)C1CCCCC1.[CH3-].[Rh]. The maximum Gasteiger partial charge on any atom is 0.170 e. The van der Waals surface area contributed by atoms with Gasteiger partial charge in [-0.05, 0) is 84.3 Å². The first kappa shape index (κ1) is 25.7. The zero-order valence-electron chi connectivity index (χ0n) is 17.8. The predicted molar refractivity (Wildman–Crippen MR) is 124 cm³/mol. The van der Waals surface area contributed by atoms with Gasteiger partial charge < -0.3 is 7.43 Å². The summed E-state index contributed by atoms with van der Waals surface area (Å²) in [5, 5.41) is 2.98. The molecule has 1 N–H and O–H groups in total. The summed E-state index contributed by atoms with van der Waals surface area (Å²) in [4.78, 5) is 11.2. The molecule has 2 aliphatic rings. The van der Waals surface area contributed by atoms with E-state index < -0.39 is 16.1 Å². The van der Waals surface area contributed by atoms with Gasteiger partial charge in [0, 0.05) is 27.4 Å². The minimum Gasteiger partial charge on any atom is -0.358 e. The average Bonchev–Trinajstić information content (AvgIpc) is 2.63. The van der Waals surface area contributed by atoms with Crippen molar-refractivity contribution in [3.8, 4) is 0 Å². The van der Waals surface area contributed by atoms with Crippen LogP contribution in [0.3, 0.4) is 0 Å². The number of hydrogen-bond donors (Lipinski definition) is 1. The van der Waals surface area contributed by atoms with Gasteiger partial charge in [-0.3, -0.25) is 0 Å². The molecule has 157 valence electrons. The maximum absolute atomic E-state index is 11.2. The monoisotopic (exact) mass is 498 g/mol. The summed E-state index contributed by atoms with van der Waals surface area (Å²) in [6.07, 6.45) is 14.4. The van der Waals surface area contributed by atoms with Crippen molar-refractivity contribution >= 4 is 26.7 Å². The van der Waals surface area contributed by atoms with Crippen molar-refractivity contribution in [1.82, 2.24) is 0 Å². The molecule has 0 aliphatic heterocycles. The average molecular weight is 498 g/mol. The first-order chi connectivity index (χ1) is 12.0. The van der Waals surface area contributed by atoms with Crippen molar-refractivity contribution in [3.63, 3.8) is 0 Å². The van der Waals surface area contributed by atoms with Crippen LogP contribution in [0.25, 0.3) is 0 Å². The van der Waals surface area contributed by atoms with Crippen LogP contribution in [-0.2, 0) is 19.5 Å². The molecule has 1 radical (unpaired) electrons. The Kier molecular flexibility index (Phi) is 11.2. The van der Waals surface area contributed by atoms with Crippen LogP contribution in [0.15, 0.2) is 24.3 Å². The van der Waals surface area contributed by atoms with Crippen molar-refractivity contribution in [3.05, 3.63) is 31.7 Å². The van der Waals surface area contributed by atoms with Gasteiger partial charge in [0.1, 0.15) is 10.5 Å². The third kappa shape index (κ3) is 6.58. The second-order valence-electron chi connectivity index (χ2n) is 9.27. The fourth-order valence-corrected chi connectivity index (χ4v) is 11.4. The Balaban J connectivity index is 0.00000182. The van der Waals surface area contributed by atoms with E-state index in [9.17, 15) is 4.89 Å². The molecule has 2 saturated carbocycles. The largest absolute Gasteiger partial charge is 0.358 e. The second-order valence-corrected chi connectivity index (χ2v) is 15.1. The van der Waals surface area contributed by atoms with Crippen molar-refractivity contribution in [2.24, 2.45) is 0 Å². The van der Waals surface area contributed by atoms with E-state index in [-0.39, 0.29) is 32.1 Å². The van der Waals surface area contributed by atoms with Gasteiger partial charge in [-0.15, -0.1) is 0 Å². The van der Waals surface area contributed by atoms with Crippen LogP contribution in [0.1, 0.15) is 85.0 Å². The molecule has 1 unspecified atom stereocenters. The minimum absolute atomic E-state index is 0. The van der Waals surface area contributed by atoms with Gasteiger partial charge in [-0.1, -0.05) is 25.0 Å². The van der Waals surface area contributed by atoms with Crippen LogP contribution < -0.4 is 10.6 Å². The van der Waals surface area contributed by atoms with E-state index in [0.717, 1.165) is 11.3 Å². The Morgan fingerprint density at radius 1 is 0.778 bits per heavy atom. The molecule has 2 fully saturated rings. The number of rotatable bonds is 4. The van der Waals surface area contributed by atoms with Gasteiger partial charge in [0.25, 0.3) is 0 Å². The summed E-state index contributed by atoms with van der Waals surface area (Å²) in [6, 6.07) is 9.09. The Bertz CT molecular complexity index is 528. The van der Waals surface area contributed by atoms with Gasteiger partial charge >= 0.3 is 0 Å². The molecule has 2 aliphatic carbocycles. The summed E-state index contributed by atoms with van der Waals surface area (Å²) in [5.74, 6) is 0. The molecule has 1 nitrogen and oxygen atoms in total. The molecule has 1 aromatic rings. The summed E-state index contributed by atoms with van der Waals surface area (Å²) in [5.41, 5.74) is 1.88. The summed E-state index contributed by atoms with van der Waals surface area (Å²) in [7, 11) is -2.10. The van der Waals surface area contributed by atoms with Crippen LogP contribution in [-0.4, -0.2) is 21.4 Å². The van der Waals surface area contributed by atoms with Crippen LogP contribution in [0.4, 0.5) is 0 Å². The molecule has 1 aromatic carbocycles. The van der Waals surface area contributed by atoms with Crippen LogP contribution in [0.5, 0.6) is 0 Å². The smallest absolute Gasteiger partial charge is 0.170 e. The third-order valence-corrected chi connectivity index (χ3v) is 12.9. The summed E-state index contributed by atoms with van der Waals surface area (Å²) >= 11 is 0. The van der Waals surface area contributed by atoms with Gasteiger partial charge in [-0.2, -0.15) is 0 Å². The maximum atomic E-state index is 11.2. The Morgan fingerprint density at radius 3 is 1.59 bits per heavy atom. The van der Waals surface area contributed by atoms with Crippen LogP contribution >= 0.6 is 16.1 Å². The molecule has 0 bridgehead atoms. The Labute approximate surface area is 183 Å². The molecule has 27 heavy (non-hydrogen) atoms. The van der Waals surface area contributed by atoms with Gasteiger partial charge in [0.05, 0.1) is 11.3 Å². The van der Waals surface area contributed by atoms with E-state index in [1.54, 1.807) is 5.30 Å². The first-order valence-corrected chi connectivity index (χ1v) is 13.6. The second kappa shape index (κ2) is 11.7. The zero-order valence-corrected chi connectivity index (χ0v) is 21.5. The zero-order chi connectivity index (χ0) is 17.9. The van der Waals surface area contributed by atoms with Gasteiger partial charge in [0.15, 0.2) is 13.5 Å². The summed E-state index contributed by atoms with van der Waals surface area (Å²) in [6.45, 7) is 6.64. The van der Waals surface area contributed by atoms with Crippen molar-refractivity contribution < 1.29 is 24.4 Å². The van der Waals surface area contributed by atoms with E-state index in [1.807, 2.05) is 0 Å². The molecule has 4 heteroatoms. The fourth-order valence-electron chi connectivity index (χ4n) is 4.95. The Morgan fingerprint density at radius 2 is 1.19 bits per heavy atom. The molecule has 3 rings (SSSR count). The Hall–Kier alpha value is 0.663. The molecular formula is C23H41OP2Rh+. The normalized spacial score (nSPS) is 20.6. The van der Waals surface area contributed by atoms with Crippen LogP contribution in [0, 0.1) is 7.43 Å².